The number of benzene rings is 3. The molecule has 3 fully saturated rings. The Labute approximate surface area is 625 Å². The molecule has 39 heteroatoms. The molecular formula is C71H85F10N12O16P. The summed E-state index contributed by atoms with van der Waals surface area (Å²) < 4.78 is 191. The van der Waals surface area contributed by atoms with Gasteiger partial charge in [0, 0.05) is 98.0 Å². The molecule has 3 aliphatic heterocycles. The summed E-state index contributed by atoms with van der Waals surface area (Å²) in [6.45, 7) is 2.78. The van der Waals surface area contributed by atoms with Crippen LogP contribution in [-0.2, 0) is 72.3 Å². The van der Waals surface area contributed by atoms with Gasteiger partial charge in [-0.1, -0.05) is 43.9 Å². The van der Waals surface area contributed by atoms with E-state index in [1.165, 1.54) is 70.5 Å². The van der Waals surface area contributed by atoms with Gasteiger partial charge >= 0.3 is 50.8 Å². The van der Waals surface area contributed by atoms with Crippen molar-refractivity contribution in [3.05, 3.63) is 124 Å². The van der Waals surface area contributed by atoms with Crippen LogP contribution in [0.1, 0.15) is 119 Å². The number of piperazine rings is 1. The number of alkyl halides is 8. The molecule has 0 radical (unpaired) electrons. The van der Waals surface area contributed by atoms with Crippen molar-refractivity contribution in [2.45, 2.75) is 167 Å². The maximum atomic E-state index is 16.9. The van der Waals surface area contributed by atoms with Crippen LogP contribution in [0.2, 0.25) is 0 Å². The van der Waals surface area contributed by atoms with Crippen molar-refractivity contribution in [2.75, 3.05) is 65.6 Å². The first kappa shape index (κ1) is 85.9. The molecule has 3 saturated heterocycles. The Morgan fingerprint density at radius 3 is 1.85 bits per heavy atom. The predicted octanol–water partition coefficient (Wildman–Crippen LogP) is 8.58. The first-order valence-corrected chi connectivity index (χ1v) is 35.9. The number of nitrogens with zero attached hydrogens (tertiary/aromatic N) is 8. The number of phosphoric acid groups is 1. The summed E-state index contributed by atoms with van der Waals surface area (Å²) in [6.07, 6.45) is -13.1. The number of carbonyl (C=O) groups is 7. The smallest absolute Gasteiger partial charge is 0.481 e. The van der Waals surface area contributed by atoms with E-state index in [1.54, 1.807) is 5.32 Å². The quantitative estimate of drug-likeness (QED) is 0.00545. The highest BCUT2D eigenvalue weighted by Gasteiger charge is 2.58. The van der Waals surface area contributed by atoms with Crippen molar-refractivity contribution in [3.8, 4) is 28.8 Å². The van der Waals surface area contributed by atoms with E-state index >= 15 is 44.7 Å². The van der Waals surface area contributed by atoms with Gasteiger partial charge in [-0.15, -0.1) is 0 Å². The van der Waals surface area contributed by atoms with Gasteiger partial charge in [0.2, 0.25) is 17.8 Å². The molecule has 6 atom stereocenters. The molecule has 5 amide bonds. The Morgan fingerprint density at radius 1 is 0.773 bits per heavy atom. The van der Waals surface area contributed by atoms with Crippen molar-refractivity contribution in [1.82, 2.24) is 55.9 Å². The van der Waals surface area contributed by atoms with E-state index in [1.807, 2.05) is 5.32 Å². The average Bonchev–Trinajstić information content (AvgIpc) is 1.75. The summed E-state index contributed by atoms with van der Waals surface area (Å²) in [5.74, 6) is -4.16. The molecule has 0 aliphatic carbocycles. The van der Waals surface area contributed by atoms with E-state index in [0.29, 0.717) is 106 Å². The van der Waals surface area contributed by atoms with Crippen molar-refractivity contribution in [3.63, 3.8) is 0 Å². The van der Waals surface area contributed by atoms with Crippen LogP contribution in [0.5, 0.6) is 5.75 Å². The normalized spacial score (nSPS) is 16.9. The Balaban J connectivity index is 1.27. The highest BCUT2D eigenvalue weighted by atomic mass is 31.2. The number of likely N-dealkylation sites (N-methyl/N-ethyl adjacent to an activating group) is 1. The fraction of sp³-hybridized carbons (Fsp3) is 0.521. The number of aliphatic carboxylic acids is 1. The van der Waals surface area contributed by atoms with Gasteiger partial charge in [0.25, 0.3) is 5.91 Å². The van der Waals surface area contributed by atoms with Crippen molar-refractivity contribution < 1.29 is 120 Å². The monoisotopic (exact) mass is 1580 g/mol. The maximum Gasteiger partial charge on any atom is 0.524 e. The van der Waals surface area contributed by atoms with Gasteiger partial charge in [-0.2, -0.15) is 40.2 Å². The number of esters is 1. The Kier molecular flexibility index (Phi) is 27.4. The van der Waals surface area contributed by atoms with Gasteiger partial charge in [0.15, 0.2) is 0 Å². The molecule has 28 nitrogen and oxygen atoms in total. The summed E-state index contributed by atoms with van der Waals surface area (Å²) in [4.78, 5) is 132. The van der Waals surface area contributed by atoms with Gasteiger partial charge in [-0.3, -0.25) is 44.1 Å². The lowest BCUT2D eigenvalue weighted by Gasteiger charge is -2.47. The number of hydrogen-bond acceptors (Lipinski definition) is 19. The number of ether oxygens (including phenoxy) is 4. The van der Waals surface area contributed by atoms with Crippen LogP contribution in [-0.4, -0.2) is 207 Å². The van der Waals surface area contributed by atoms with E-state index in [2.05, 4.69) is 56.9 Å². The molecule has 2 unspecified atom stereocenters. The van der Waals surface area contributed by atoms with Crippen molar-refractivity contribution >= 4 is 55.6 Å². The second kappa shape index (κ2) is 35.1. The van der Waals surface area contributed by atoms with Crippen LogP contribution >= 0.6 is 7.82 Å². The molecule has 2 aromatic heterocycles. The molecule has 3 aromatic carbocycles. The van der Waals surface area contributed by atoms with Crippen molar-refractivity contribution in [2.24, 2.45) is 10.8 Å². The third-order valence-electron chi connectivity index (χ3n) is 19.4. The maximum absolute atomic E-state index is 16.9. The number of carboxylic acid groups (broad SMARTS) is 1. The lowest BCUT2D eigenvalue weighted by atomic mass is 9.77. The van der Waals surface area contributed by atoms with Crippen LogP contribution in [0.15, 0.2) is 73.2 Å². The highest BCUT2D eigenvalue weighted by molar-refractivity contribution is 7.46. The molecule has 2 bridgehead atoms. The first-order chi connectivity index (χ1) is 51.3. The van der Waals surface area contributed by atoms with Crippen LogP contribution in [0.25, 0.3) is 11.3 Å². The first-order valence-electron chi connectivity index (χ1n) is 34.4. The SMILES string of the molecule is COC(=O)N[C@H](C(=O)N[C@@H](Cc1ccc(C#Cc2cnc(N3CC4CCC(C3)N4C3COC3)nc2)cc1)[C@H](CN(Cc1c(F)cc(-c2ccn(C(F)F)n2)cc1F)NC(=O)[C@@H](NC(=O)OC)C(C)(C)C(F)(F)F)OC(=O)CC(C)(C)c1c(CC(=O)N(C)CCCC(=O)O)cc(C)cc1OP(=O)(O)O)C(C)(C)C(F)(F)F. The lowest BCUT2D eigenvalue weighted by Crippen LogP contribution is -2.64. The number of anilines is 1. The van der Waals surface area contributed by atoms with Crippen LogP contribution in [0.3, 0.4) is 0 Å². The number of nitrogens with one attached hydrogen (secondary N) is 4. The van der Waals surface area contributed by atoms with Crippen LogP contribution in [0.4, 0.5) is 59.4 Å². The number of aryl methyl sites for hydroxylation is 1. The zero-order chi connectivity index (χ0) is 81.3. The van der Waals surface area contributed by atoms with E-state index in [0.717, 1.165) is 50.3 Å². The second-order valence-electron chi connectivity index (χ2n) is 28.7. The molecule has 8 rings (SSSR count). The summed E-state index contributed by atoms with van der Waals surface area (Å²) in [5, 5.41) is 19.3. The standard InChI is InChI=1S/C71H85F10N12O16P/c1-39-24-44(29-55(94)89(8)22-11-12-56(95)96)58(53(25-39)109-110(102,103)104)67(2,3)30-57(97)108-54(36-91(88-62(99)60(86-66(101)106-10)69(6,7)71(79,80)81)35-48-49(72)27-43(28-50(48)73)51-21-23-92(87-51)63(74)75)52(84-61(98)59(85-65(100)105-9)68(4,5)70(76,77)78)26-41-16-13-40(14-17-41)15-18-42-31-82-64(83-32-42)90-33-45-19-20-46(34-90)93(45)47-37-107-38-47/h13-14,16-17,21,23-25,27-28,31-32,45-47,52,54,59-60,63H,11-12,19-20,22,26,29-30,33-38H2,1-10H3,(H,84,98)(H,85,100)(H,86,101)(H,88,99)(H,95,96)(H2,102,103,104)/t45?,46?,52-,54-,59+,60+/m0/s1. The number of hydrogen-bond donors (Lipinski definition) is 7. The van der Waals surface area contributed by atoms with Gasteiger partial charge in [-0.25, -0.2) is 42.6 Å². The number of rotatable bonds is 31. The average molecular weight is 1580 g/mol. The predicted molar refractivity (Wildman–Crippen MR) is 371 cm³/mol. The number of carboxylic acids is 1. The largest absolute Gasteiger partial charge is 0.524 e. The number of fused-ring (bicyclic) bond motifs is 2. The minimum atomic E-state index is -5.56. The van der Waals surface area contributed by atoms with E-state index in [-0.39, 0.29) is 46.3 Å². The lowest BCUT2D eigenvalue weighted by molar-refractivity contribution is -0.221. The number of amides is 5. The molecule has 600 valence electrons. The molecule has 110 heavy (non-hydrogen) atoms. The number of methoxy groups -OCH3 is 2. The summed E-state index contributed by atoms with van der Waals surface area (Å²) in [7, 11) is -2.74. The third kappa shape index (κ3) is 21.7. The second-order valence-corrected chi connectivity index (χ2v) is 29.9. The molecule has 5 heterocycles. The Bertz CT molecular complexity index is 4250. The van der Waals surface area contributed by atoms with Gasteiger partial charge in [0.05, 0.1) is 81.0 Å². The number of phosphoric ester groups is 1. The fourth-order valence-corrected chi connectivity index (χ4v) is 13.5. The van der Waals surface area contributed by atoms with Gasteiger partial charge in [0.1, 0.15) is 35.6 Å². The Morgan fingerprint density at radius 2 is 1.34 bits per heavy atom. The summed E-state index contributed by atoms with van der Waals surface area (Å²) in [5.41, 5.74) is -7.60. The van der Waals surface area contributed by atoms with E-state index in [9.17, 15) is 52.2 Å². The summed E-state index contributed by atoms with van der Waals surface area (Å²) >= 11 is 0. The number of aromatic nitrogens is 4. The minimum Gasteiger partial charge on any atom is -0.481 e. The zero-order valence-electron chi connectivity index (χ0n) is 61.4. The highest BCUT2D eigenvalue weighted by Crippen LogP contribution is 2.47. The molecule has 7 N–H and O–H groups in total. The molecule has 5 aromatic rings. The molecule has 3 aliphatic rings. The van der Waals surface area contributed by atoms with Gasteiger partial charge in [-0.05, 0) is 113 Å². The number of alkyl carbamates (subject to hydrolysis) is 2. The third-order valence-corrected chi connectivity index (χ3v) is 19.8. The van der Waals surface area contributed by atoms with Gasteiger partial charge < -0.3 is 54.3 Å². The number of halogens is 10. The minimum absolute atomic E-state index is 0.0117. The fourth-order valence-electron chi connectivity index (χ4n) is 13.1. The Hall–Kier alpha value is -9.67. The number of hydrazine groups is 1. The molecule has 0 saturated carbocycles. The van der Waals surface area contributed by atoms with E-state index in [4.69, 9.17) is 14.0 Å². The zero-order valence-corrected chi connectivity index (χ0v) is 62.3. The van der Waals surface area contributed by atoms with Crippen LogP contribution < -0.4 is 30.8 Å². The molecular weight excluding hydrogens is 1500 g/mol. The molecule has 0 spiro atoms. The number of carbonyl (C=O) groups excluding carboxylic acids is 6. The summed E-state index contributed by atoms with van der Waals surface area (Å²) in [6, 6.07) is 3.82. The van der Waals surface area contributed by atoms with Crippen molar-refractivity contribution in [1.29, 1.82) is 0 Å². The topological polar surface area (TPSA) is 348 Å². The van der Waals surface area contributed by atoms with Crippen LogP contribution in [0, 0.1) is 41.2 Å². The van der Waals surface area contributed by atoms with E-state index < -0.39 is 176 Å².